The first-order chi connectivity index (χ1) is 11.7. The van der Waals surface area contributed by atoms with Gasteiger partial charge < -0.3 is 14.8 Å². The van der Waals surface area contributed by atoms with Crippen molar-refractivity contribution in [2.75, 3.05) is 6.61 Å². The van der Waals surface area contributed by atoms with Gasteiger partial charge in [-0.3, -0.25) is 0 Å². The lowest BCUT2D eigenvalue weighted by Crippen LogP contribution is -2.24. The molecule has 1 heterocycles. The monoisotopic (exact) mass is 342 g/mol. The van der Waals surface area contributed by atoms with Gasteiger partial charge in [-0.05, 0) is 36.8 Å². The fraction of sp³-hybridized carbons (Fsp3) is 0.211. The number of aliphatic hydroxyl groups excluding tert-OH is 1. The third-order valence-electron chi connectivity index (χ3n) is 3.83. The lowest BCUT2D eigenvalue weighted by Gasteiger charge is -2.15. The molecule has 0 aliphatic rings. The van der Waals surface area contributed by atoms with Gasteiger partial charge in [-0.1, -0.05) is 41.4 Å². The Labute approximate surface area is 146 Å². The summed E-state index contributed by atoms with van der Waals surface area (Å²) in [6.07, 6.45) is 1.64. The summed E-state index contributed by atoms with van der Waals surface area (Å²) in [4.78, 5) is 4.49. The zero-order valence-corrected chi connectivity index (χ0v) is 14.1. The first-order valence-corrected chi connectivity index (χ1v) is 8.14. The highest BCUT2D eigenvalue weighted by molar-refractivity contribution is 6.30. The largest absolute Gasteiger partial charge is 0.444 e. The molecule has 0 saturated heterocycles. The van der Waals surface area contributed by atoms with Gasteiger partial charge in [0, 0.05) is 17.1 Å². The van der Waals surface area contributed by atoms with Gasteiger partial charge in [0.15, 0.2) is 0 Å². The van der Waals surface area contributed by atoms with E-state index in [0.29, 0.717) is 17.5 Å². The molecule has 5 heteroatoms. The van der Waals surface area contributed by atoms with Crippen LogP contribution in [0.4, 0.5) is 0 Å². The van der Waals surface area contributed by atoms with E-state index in [9.17, 15) is 5.11 Å². The molecular weight excluding hydrogens is 324 g/mol. The Morgan fingerprint density at radius 1 is 1.12 bits per heavy atom. The van der Waals surface area contributed by atoms with Crippen LogP contribution in [0.25, 0.3) is 11.5 Å². The van der Waals surface area contributed by atoms with Gasteiger partial charge >= 0.3 is 0 Å². The number of nitrogens with one attached hydrogen (secondary N) is 1. The van der Waals surface area contributed by atoms with E-state index >= 15 is 0 Å². The Kier molecular flexibility index (Phi) is 5.30. The number of benzene rings is 2. The molecule has 4 nitrogen and oxygen atoms in total. The highest BCUT2D eigenvalue weighted by atomic mass is 35.5. The minimum absolute atomic E-state index is 0.00962. The molecule has 0 amide bonds. The van der Waals surface area contributed by atoms with Crippen molar-refractivity contribution in [3.05, 3.63) is 76.6 Å². The minimum Gasteiger partial charge on any atom is -0.444 e. The molecule has 0 fully saturated rings. The van der Waals surface area contributed by atoms with E-state index in [0.717, 1.165) is 16.8 Å². The van der Waals surface area contributed by atoms with E-state index in [1.807, 2.05) is 55.5 Å². The van der Waals surface area contributed by atoms with E-state index in [2.05, 4.69) is 10.3 Å². The topological polar surface area (TPSA) is 58.3 Å². The van der Waals surface area contributed by atoms with Gasteiger partial charge in [0.05, 0.1) is 18.3 Å². The van der Waals surface area contributed by atoms with E-state index in [1.165, 1.54) is 5.56 Å². The lowest BCUT2D eigenvalue weighted by atomic mass is 10.1. The van der Waals surface area contributed by atoms with Crippen LogP contribution in [0, 0.1) is 6.92 Å². The Balaban J connectivity index is 1.65. The van der Waals surface area contributed by atoms with E-state index < -0.39 is 0 Å². The number of oxazole rings is 1. The fourth-order valence-corrected chi connectivity index (χ4v) is 2.55. The molecule has 0 aliphatic carbocycles. The summed E-state index contributed by atoms with van der Waals surface area (Å²) >= 11 is 5.90. The van der Waals surface area contributed by atoms with Crippen molar-refractivity contribution in [3.8, 4) is 11.5 Å². The molecule has 124 valence electrons. The van der Waals surface area contributed by atoms with Gasteiger partial charge in [0.25, 0.3) is 0 Å². The van der Waals surface area contributed by atoms with Crippen LogP contribution in [-0.2, 0) is 6.54 Å². The van der Waals surface area contributed by atoms with Gasteiger partial charge in [0.1, 0.15) is 6.26 Å². The predicted molar refractivity (Wildman–Crippen MR) is 94.8 cm³/mol. The molecule has 0 radical (unpaired) electrons. The number of halogens is 1. The number of nitrogens with zero attached hydrogens (tertiary/aromatic N) is 1. The van der Waals surface area contributed by atoms with Gasteiger partial charge in [-0.25, -0.2) is 4.98 Å². The zero-order valence-electron chi connectivity index (χ0n) is 13.4. The lowest BCUT2D eigenvalue weighted by molar-refractivity contribution is 0.243. The molecule has 0 saturated carbocycles. The highest BCUT2D eigenvalue weighted by Gasteiger charge is 2.12. The molecule has 1 aromatic heterocycles. The van der Waals surface area contributed by atoms with Crippen LogP contribution in [0.3, 0.4) is 0 Å². The Bertz CT molecular complexity index is 782. The zero-order chi connectivity index (χ0) is 16.9. The van der Waals surface area contributed by atoms with Crippen molar-refractivity contribution in [1.82, 2.24) is 10.3 Å². The second-order valence-corrected chi connectivity index (χ2v) is 6.11. The van der Waals surface area contributed by atoms with Crippen molar-refractivity contribution >= 4 is 11.6 Å². The third-order valence-corrected chi connectivity index (χ3v) is 4.09. The van der Waals surface area contributed by atoms with E-state index in [-0.39, 0.29) is 12.6 Å². The van der Waals surface area contributed by atoms with E-state index in [4.69, 9.17) is 16.0 Å². The summed E-state index contributed by atoms with van der Waals surface area (Å²) in [6, 6.07) is 15.3. The van der Waals surface area contributed by atoms with Crippen molar-refractivity contribution < 1.29 is 9.52 Å². The second-order valence-electron chi connectivity index (χ2n) is 5.68. The van der Waals surface area contributed by atoms with Gasteiger partial charge in [-0.15, -0.1) is 0 Å². The smallest absolute Gasteiger partial charge is 0.226 e. The van der Waals surface area contributed by atoms with Crippen LogP contribution in [0.15, 0.2) is 59.2 Å². The quantitative estimate of drug-likeness (QED) is 0.707. The Morgan fingerprint density at radius 2 is 1.83 bits per heavy atom. The highest BCUT2D eigenvalue weighted by Crippen LogP contribution is 2.20. The van der Waals surface area contributed by atoms with Crippen LogP contribution in [0.2, 0.25) is 5.02 Å². The summed E-state index contributed by atoms with van der Waals surface area (Å²) in [5.74, 6) is 0.596. The summed E-state index contributed by atoms with van der Waals surface area (Å²) in [5, 5.41) is 13.6. The minimum atomic E-state index is -0.179. The first-order valence-electron chi connectivity index (χ1n) is 7.77. The second kappa shape index (κ2) is 7.62. The molecule has 3 rings (SSSR count). The molecule has 3 aromatic rings. The van der Waals surface area contributed by atoms with Crippen LogP contribution in [0.1, 0.15) is 22.9 Å². The molecule has 1 unspecified atom stereocenters. The molecule has 1 atom stereocenters. The summed E-state index contributed by atoms with van der Waals surface area (Å²) in [5.41, 5.74) is 3.91. The number of hydrogen-bond donors (Lipinski definition) is 2. The number of hydrogen-bond acceptors (Lipinski definition) is 4. The van der Waals surface area contributed by atoms with Crippen LogP contribution in [0.5, 0.6) is 0 Å². The van der Waals surface area contributed by atoms with Crippen molar-refractivity contribution in [3.63, 3.8) is 0 Å². The molecule has 24 heavy (non-hydrogen) atoms. The van der Waals surface area contributed by atoms with Crippen molar-refractivity contribution in [2.24, 2.45) is 0 Å². The SMILES string of the molecule is Cc1ccc(-c2nc(CNC(CO)c3ccc(Cl)cc3)co2)cc1. The molecule has 0 spiro atoms. The number of aliphatic hydroxyl groups is 1. The third kappa shape index (κ3) is 4.03. The number of aryl methyl sites for hydroxylation is 1. The maximum atomic E-state index is 9.60. The summed E-state index contributed by atoms with van der Waals surface area (Å²) in [6.45, 7) is 2.54. The van der Waals surface area contributed by atoms with Crippen molar-refractivity contribution in [1.29, 1.82) is 0 Å². The standard InChI is InChI=1S/C19H19ClN2O2/c1-13-2-4-15(5-3-13)19-22-17(12-24-19)10-21-18(11-23)14-6-8-16(20)9-7-14/h2-9,12,18,21,23H,10-11H2,1H3. The Hall–Kier alpha value is -2.14. The summed E-state index contributed by atoms with van der Waals surface area (Å²) in [7, 11) is 0. The fourth-order valence-electron chi connectivity index (χ4n) is 2.43. The summed E-state index contributed by atoms with van der Waals surface area (Å²) < 4.78 is 5.55. The average Bonchev–Trinajstić information content (AvgIpc) is 3.06. The van der Waals surface area contributed by atoms with Crippen LogP contribution >= 0.6 is 11.6 Å². The van der Waals surface area contributed by atoms with E-state index in [1.54, 1.807) is 6.26 Å². The average molecular weight is 343 g/mol. The maximum Gasteiger partial charge on any atom is 0.226 e. The number of rotatable bonds is 6. The normalized spacial score (nSPS) is 12.3. The maximum absolute atomic E-state index is 9.60. The van der Waals surface area contributed by atoms with Crippen LogP contribution < -0.4 is 5.32 Å². The van der Waals surface area contributed by atoms with Gasteiger partial charge in [-0.2, -0.15) is 0 Å². The first kappa shape index (κ1) is 16.7. The van der Waals surface area contributed by atoms with Crippen molar-refractivity contribution in [2.45, 2.75) is 19.5 Å². The van der Waals surface area contributed by atoms with Crippen LogP contribution in [-0.4, -0.2) is 16.7 Å². The molecular formula is C19H19ClN2O2. The predicted octanol–water partition coefficient (Wildman–Crippen LogP) is 4.13. The molecule has 0 aliphatic heterocycles. The van der Waals surface area contributed by atoms with Gasteiger partial charge in [0.2, 0.25) is 5.89 Å². The molecule has 2 N–H and O–H groups in total. The Morgan fingerprint density at radius 3 is 2.50 bits per heavy atom. The molecule has 2 aromatic carbocycles. The molecule has 0 bridgehead atoms. The number of aromatic nitrogens is 1.